The summed E-state index contributed by atoms with van der Waals surface area (Å²) >= 11 is 6.02. The third-order valence-corrected chi connectivity index (χ3v) is 5.42. The summed E-state index contributed by atoms with van der Waals surface area (Å²) in [6.45, 7) is 3.13. The van der Waals surface area contributed by atoms with E-state index in [2.05, 4.69) is 10.3 Å². The number of hydrogen-bond acceptors (Lipinski definition) is 2. The molecule has 2 amide bonds. The van der Waals surface area contributed by atoms with Crippen LogP contribution < -0.4 is 11.0 Å². The van der Waals surface area contributed by atoms with E-state index < -0.39 is 0 Å². The quantitative estimate of drug-likeness (QED) is 0.696. The van der Waals surface area contributed by atoms with Crippen LogP contribution in [0.5, 0.6) is 0 Å². The Kier molecular flexibility index (Phi) is 4.66. The first-order chi connectivity index (χ1) is 13.0. The van der Waals surface area contributed by atoms with Gasteiger partial charge in [0.1, 0.15) is 0 Å². The number of piperidine rings is 1. The van der Waals surface area contributed by atoms with Gasteiger partial charge in [-0.2, -0.15) is 0 Å². The number of aromatic amines is 1. The van der Waals surface area contributed by atoms with Crippen molar-refractivity contribution < 1.29 is 4.79 Å². The van der Waals surface area contributed by atoms with Crippen LogP contribution in [-0.4, -0.2) is 33.6 Å². The molecule has 3 aromatic rings. The highest BCUT2D eigenvalue weighted by molar-refractivity contribution is 6.31. The summed E-state index contributed by atoms with van der Waals surface area (Å²) in [6, 6.07) is 13.1. The molecule has 6 nitrogen and oxygen atoms in total. The number of aryl methyl sites for hydroxylation is 1. The third kappa shape index (κ3) is 3.45. The summed E-state index contributed by atoms with van der Waals surface area (Å²) < 4.78 is 1.83. The number of halogens is 1. The van der Waals surface area contributed by atoms with Gasteiger partial charge in [-0.1, -0.05) is 29.8 Å². The fraction of sp³-hybridized carbons (Fsp3) is 0.300. The minimum absolute atomic E-state index is 0.0885. The Morgan fingerprint density at radius 2 is 1.93 bits per heavy atom. The first-order valence-corrected chi connectivity index (χ1v) is 9.42. The number of para-hydroxylation sites is 2. The Bertz CT molecular complexity index is 1050. The molecule has 0 unspecified atom stereocenters. The molecule has 2 N–H and O–H groups in total. The second kappa shape index (κ2) is 7.12. The molecule has 0 radical (unpaired) electrons. The van der Waals surface area contributed by atoms with E-state index in [9.17, 15) is 9.59 Å². The number of aromatic nitrogens is 2. The Labute approximate surface area is 161 Å². The SMILES string of the molecule is Cc1ccc(Cl)cc1NC(=O)N1CCC(n2c(=O)[nH]c3ccccc32)CC1. The largest absolute Gasteiger partial charge is 0.326 e. The van der Waals surface area contributed by atoms with E-state index in [0.717, 1.165) is 35.1 Å². The van der Waals surface area contributed by atoms with Crippen LogP contribution in [0.15, 0.2) is 47.3 Å². The molecule has 0 saturated carbocycles. The zero-order valence-corrected chi connectivity index (χ0v) is 15.8. The molecule has 1 aromatic heterocycles. The van der Waals surface area contributed by atoms with E-state index >= 15 is 0 Å². The van der Waals surface area contributed by atoms with Gasteiger partial charge in [0.25, 0.3) is 0 Å². The molecule has 2 aromatic carbocycles. The molecule has 1 fully saturated rings. The van der Waals surface area contributed by atoms with Crippen molar-refractivity contribution >= 4 is 34.4 Å². The number of carbonyl (C=O) groups is 1. The van der Waals surface area contributed by atoms with Crippen molar-refractivity contribution in [2.24, 2.45) is 0 Å². The van der Waals surface area contributed by atoms with Crippen LogP contribution in [0.1, 0.15) is 24.4 Å². The van der Waals surface area contributed by atoms with Crippen molar-refractivity contribution in [2.45, 2.75) is 25.8 Å². The summed E-state index contributed by atoms with van der Waals surface area (Å²) in [5.74, 6) is 0. The molecule has 1 aliphatic heterocycles. The zero-order chi connectivity index (χ0) is 19.0. The Hall–Kier alpha value is -2.73. The zero-order valence-electron chi connectivity index (χ0n) is 15.0. The van der Waals surface area contributed by atoms with Gasteiger partial charge in [-0.15, -0.1) is 0 Å². The lowest BCUT2D eigenvalue weighted by molar-refractivity contribution is 0.184. The molecule has 140 valence electrons. The van der Waals surface area contributed by atoms with Gasteiger partial charge in [-0.05, 0) is 49.6 Å². The average molecular weight is 385 g/mol. The molecule has 0 bridgehead atoms. The first-order valence-electron chi connectivity index (χ1n) is 9.04. The molecule has 1 saturated heterocycles. The Morgan fingerprint density at radius 3 is 2.70 bits per heavy atom. The lowest BCUT2D eigenvalue weighted by atomic mass is 10.0. The summed E-state index contributed by atoms with van der Waals surface area (Å²) in [7, 11) is 0. The molecule has 1 aliphatic rings. The van der Waals surface area contributed by atoms with Crippen LogP contribution >= 0.6 is 11.6 Å². The highest BCUT2D eigenvalue weighted by Gasteiger charge is 2.26. The number of nitrogens with one attached hydrogen (secondary N) is 2. The topological polar surface area (TPSA) is 70.1 Å². The number of urea groups is 1. The fourth-order valence-electron chi connectivity index (χ4n) is 3.69. The molecule has 0 atom stereocenters. The normalized spacial score (nSPS) is 15.3. The van der Waals surface area contributed by atoms with E-state index in [1.165, 1.54) is 0 Å². The first kappa shape index (κ1) is 17.7. The lowest BCUT2D eigenvalue weighted by Gasteiger charge is -2.32. The monoisotopic (exact) mass is 384 g/mol. The van der Waals surface area contributed by atoms with Crippen LogP contribution in [0.2, 0.25) is 5.02 Å². The van der Waals surface area contributed by atoms with Crippen LogP contribution in [0, 0.1) is 6.92 Å². The molecule has 27 heavy (non-hydrogen) atoms. The minimum Gasteiger partial charge on any atom is -0.324 e. The van der Waals surface area contributed by atoms with E-state index in [1.54, 1.807) is 17.0 Å². The number of imidazole rings is 1. The van der Waals surface area contributed by atoms with Crippen molar-refractivity contribution in [3.8, 4) is 0 Å². The predicted molar refractivity (Wildman–Crippen MR) is 108 cm³/mol. The highest BCUT2D eigenvalue weighted by Crippen LogP contribution is 2.26. The maximum absolute atomic E-state index is 12.6. The number of benzene rings is 2. The summed E-state index contributed by atoms with van der Waals surface area (Å²) in [4.78, 5) is 29.7. The predicted octanol–water partition coefficient (Wildman–Crippen LogP) is 4.16. The Balaban J connectivity index is 1.45. The van der Waals surface area contributed by atoms with Crippen molar-refractivity contribution in [1.29, 1.82) is 0 Å². The van der Waals surface area contributed by atoms with Crippen molar-refractivity contribution in [3.63, 3.8) is 0 Å². The number of H-pyrrole nitrogens is 1. The van der Waals surface area contributed by atoms with E-state index in [1.807, 2.05) is 41.8 Å². The molecule has 0 aliphatic carbocycles. The van der Waals surface area contributed by atoms with Crippen LogP contribution in [0.25, 0.3) is 11.0 Å². The molecule has 7 heteroatoms. The maximum atomic E-state index is 12.6. The Morgan fingerprint density at radius 1 is 1.19 bits per heavy atom. The molecule has 0 spiro atoms. The number of amides is 2. The summed E-state index contributed by atoms with van der Waals surface area (Å²) in [6.07, 6.45) is 1.48. The van der Waals surface area contributed by atoms with Gasteiger partial charge in [0.05, 0.1) is 11.0 Å². The number of rotatable bonds is 2. The van der Waals surface area contributed by atoms with Gasteiger partial charge in [-0.3, -0.25) is 4.57 Å². The number of nitrogens with zero attached hydrogens (tertiary/aromatic N) is 2. The average Bonchev–Trinajstić information content (AvgIpc) is 3.00. The van der Waals surface area contributed by atoms with Gasteiger partial charge in [0.15, 0.2) is 0 Å². The van der Waals surface area contributed by atoms with E-state index in [-0.39, 0.29) is 17.8 Å². The van der Waals surface area contributed by atoms with Crippen LogP contribution in [-0.2, 0) is 0 Å². The molecule has 2 heterocycles. The van der Waals surface area contributed by atoms with Gasteiger partial charge in [0.2, 0.25) is 0 Å². The van der Waals surface area contributed by atoms with E-state index in [4.69, 9.17) is 11.6 Å². The lowest BCUT2D eigenvalue weighted by Crippen LogP contribution is -2.42. The standard InChI is InChI=1S/C20H21ClN4O2/c1-13-6-7-14(21)12-17(13)23-19(26)24-10-8-15(9-11-24)25-18-5-3-2-4-16(18)22-20(25)27/h2-7,12,15H,8-11H2,1H3,(H,22,27)(H,23,26). The number of fused-ring (bicyclic) bond motifs is 1. The van der Waals surface area contributed by atoms with Gasteiger partial charge >= 0.3 is 11.7 Å². The summed E-state index contributed by atoms with van der Waals surface area (Å²) in [5.41, 5.74) is 3.36. The van der Waals surface area contributed by atoms with Crippen molar-refractivity contribution in [2.75, 3.05) is 18.4 Å². The maximum Gasteiger partial charge on any atom is 0.326 e. The fourth-order valence-corrected chi connectivity index (χ4v) is 3.86. The number of hydrogen-bond donors (Lipinski definition) is 2. The van der Waals surface area contributed by atoms with Gasteiger partial charge in [0, 0.05) is 29.8 Å². The van der Waals surface area contributed by atoms with Gasteiger partial charge < -0.3 is 15.2 Å². The van der Waals surface area contributed by atoms with Crippen molar-refractivity contribution in [1.82, 2.24) is 14.5 Å². The number of likely N-dealkylation sites (tertiary alicyclic amines) is 1. The smallest absolute Gasteiger partial charge is 0.324 e. The molecular weight excluding hydrogens is 364 g/mol. The third-order valence-electron chi connectivity index (χ3n) is 5.18. The number of anilines is 1. The number of carbonyl (C=O) groups excluding carboxylic acids is 1. The second-order valence-corrected chi connectivity index (χ2v) is 7.36. The van der Waals surface area contributed by atoms with E-state index in [0.29, 0.717) is 18.1 Å². The molecular formula is C20H21ClN4O2. The second-order valence-electron chi connectivity index (χ2n) is 6.92. The summed E-state index contributed by atoms with van der Waals surface area (Å²) in [5, 5.41) is 3.53. The highest BCUT2D eigenvalue weighted by atomic mass is 35.5. The minimum atomic E-state index is -0.134. The van der Waals surface area contributed by atoms with Crippen LogP contribution in [0.3, 0.4) is 0 Å². The molecule has 4 rings (SSSR count). The van der Waals surface area contributed by atoms with Crippen molar-refractivity contribution in [3.05, 3.63) is 63.5 Å². The van der Waals surface area contributed by atoms with Crippen LogP contribution in [0.4, 0.5) is 10.5 Å². The van der Waals surface area contributed by atoms with Gasteiger partial charge in [-0.25, -0.2) is 9.59 Å².